The van der Waals surface area contributed by atoms with Crippen molar-refractivity contribution in [1.29, 1.82) is 0 Å². The molecule has 0 saturated carbocycles. The van der Waals surface area contributed by atoms with Crippen LogP contribution in [0.25, 0.3) is 0 Å². The highest BCUT2D eigenvalue weighted by atomic mass is 32.1. The summed E-state index contributed by atoms with van der Waals surface area (Å²) < 4.78 is 0. The van der Waals surface area contributed by atoms with Crippen LogP contribution >= 0.6 is 11.3 Å². The molecule has 0 saturated heterocycles. The fourth-order valence-electron chi connectivity index (χ4n) is 1.88. The van der Waals surface area contributed by atoms with E-state index in [0.29, 0.717) is 12.3 Å². The highest BCUT2D eigenvalue weighted by Crippen LogP contribution is 2.31. The van der Waals surface area contributed by atoms with E-state index in [1.54, 1.807) is 0 Å². The van der Waals surface area contributed by atoms with Crippen molar-refractivity contribution in [2.45, 2.75) is 51.6 Å². The number of thiophene rings is 1. The Morgan fingerprint density at radius 1 is 1.31 bits per heavy atom. The maximum absolute atomic E-state index is 9.49. The molecule has 2 atom stereocenters. The minimum atomic E-state index is -0.582. The van der Waals surface area contributed by atoms with E-state index in [4.69, 9.17) is 5.11 Å². The monoisotopic (exact) mass is 242 g/mol. The first-order valence-electron chi connectivity index (χ1n) is 6.08. The van der Waals surface area contributed by atoms with Gasteiger partial charge in [0.1, 0.15) is 0 Å². The van der Waals surface area contributed by atoms with Gasteiger partial charge in [0.2, 0.25) is 0 Å². The fraction of sp³-hybridized carbons (Fsp3) is 0.692. The molecule has 0 aliphatic heterocycles. The Morgan fingerprint density at radius 3 is 2.62 bits per heavy atom. The average molecular weight is 242 g/mol. The van der Waals surface area contributed by atoms with Crippen LogP contribution < -0.4 is 0 Å². The van der Waals surface area contributed by atoms with Crippen molar-refractivity contribution in [3.8, 4) is 0 Å². The molecule has 0 bridgehead atoms. The molecular formula is C13H22O2S. The summed E-state index contributed by atoms with van der Waals surface area (Å²) in [4.78, 5) is 2.77. The summed E-state index contributed by atoms with van der Waals surface area (Å²) in [5, 5.41) is 18.4. The number of aryl methyl sites for hydroxylation is 1. The molecule has 2 N–H and O–H groups in total. The first-order valence-corrected chi connectivity index (χ1v) is 6.90. The maximum Gasteiger partial charge on any atom is 0.0777 e. The van der Waals surface area contributed by atoms with E-state index < -0.39 is 6.10 Å². The van der Waals surface area contributed by atoms with E-state index in [1.807, 2.05) is 11.3 Å². The SMILES string of the molecule is CCCc1ccc(C(CC)CC(O)CO)s1. The van der Waals surface area contributed by atoms with Crippen molar-refractivity contribution in [3.05, 3.63) is 21.9 Å². The van der Waals surface area contributed by atoms with E-state index in [2.05, 4.69) is 26.0 Å². The minimum Gasteiger partial charge on any atom is -0.394 e. The topological polar surface area (TPSA) is 40.5 Å². The molecule has 0 amide bonds. The van der Waals surface area contributed by atoms with Gasteiger partial charge in [0, 0.05) is 9.75 Å². The predicted octanol–water partition coefficient (Wildman–Crippen LogP) is 2.94. The summed E-state index contributed by atoms with van der Waals surface area (Å²) in [6.07, 6.45) is 3.42. The molecule has 3 heteroatoms. The summed E-state index contributed by atoms with van der Waals surface area (Å²) in [5.41, 5.74) is 0. The van der Waals surface area contributed by atoms with Gasteiger partial charge in [0.05, 0.1) is 12.7 Å². The first kappa shape index (κ1) is 13.7. The molecule has 0 spiro atoms. The number of hydrogen-bond acceptors (Lipinski definition) is 3. The van der Waals surface area contributed by atoms with Gasteiger partial charge >= 0.3 is 0 Å². The molecule has 92 valence electrons. The number of aliphatic hydroxyl groups excluding tert-OH is 2. The van der Waals surface area contributed by atoms with Crippen LogP contribution in [-0.4, -0.2) is 22.9 Å². The number of hydrogen-bond donors (Lipinski definition) is 2. The van der Waals surface area contributed by atoms with Crippen LogP contribution in [0.4, 0.5) is 0 Å². The normalized spacial score (nSPS) is 15.0. The van der Waals surface area contributed by atoms with Gasteiger partial charge in [-0.2, -0.15) is 0 Å². The predicted molar refractivity (Wildman–Crippen MR) is 69.1 cm³/mol. The van der Waals surface area contributed by atoms with Crippen LogP contribution in [0.15, 0.2) is 12.1 Å². The smallest absolute Gasteiger partial charge is 0.0777 e. The molecule has 2 nitrogen and oxygen atoms in total. The zero-order valence-electron chi connectivity index (χ0n) is 10.1. The van der Waals surface area contributed by atoms with Crippen molar-refractivity contribution >= 4 is 11.3 Å². The Bertz CT molecular complexity index is 296. The Morgan fingerprint density at radius 2 is 2.06 bits per heavy atom. The number of aliphatic hydroxyl groups is 2. The van der Waals surface area contributed by atoms with Crippen LogP contribution in [0, 0.1) is 0 Å². The van der Waals surface area contributed by atoms with E-state index in [-0.39, 0.29) is 6.61 Å². The third kappa shape index (κ3) is 3.89. The summed E-state index contributed by atoms with van der Waals surface area (Å²) in [7, 11) is 0. The zero-order chi connectivity index (χ0) is 12.0. The second-order valence-electron chi connectivity index (χ2n) is 4.23. The summed E-state index contributed by atoms with van der Waals surface area (Å²) in [6.45, 7) is 4.18. The molecule has 1 rings (SSSR count). The molecule has 0 fully saturated rings. The van der Waals surface area contributed by atoms with Crippen molar-refractivity contribution in [2.75, 3.05) is 6.61 Å². The Labute approximate surface area is 102 Å². The summed E-state index contributed by atoms with van der Waals surface area (Å²) in [6, 6.07) is 4.37. The lowest BCUT2D eigenvalue weighted by Gasteiger charge is -2.16. The van der Waals surface area contributed by atoms with Gasteiger partial charge in [-0.05, 0) is 37.3 Å². The van der Waals surface area contributed by atoms with Crippen LogP contribution in [0.1, 0.15) is 48.8 Å². The van der Waals surface area contributed by atoms with Crippen molar-refractivity contribution in [3.63, 3.8) is 0 Å². The Hall–Kier alpha value is -0.380. The minimum absolute atomic E-state index is 0.135. The van der Waals surface area contributed by atoms with Gasteiger partial charge in [-0.25, -0.2) is 0 Å². The molecule has 0 aliphatic rings. The van der Waals surface area contributed by atoms with E-state index in [0.717, 1.165) is 12.8 Å². The van der Waals surface area contributed by atoms with Gasteiger partial charge < -0.3 is 10.2 Å². The maximum atomic E-state index is 9.49. The van der Waals surface area contributed by atoms with Crippen molar-refractivity contribution in [1.82, 2.24) is 0 Å². The van der Waals surface area contributed by atoms with Crippen molar-refractivity contribution in [2.24, 2.45) is 0 Å². The largest absolute Gasteiger partial charge is 0.394 e. The molecule has 1 aromatic heterocycles. The molecule has 1 aromatic rings. The van der Waals surface area contributed by atoms with Crippen molar-refractivity contribution < 1.29 is 10.2 Å². The molecule has 0 radical (unpaired) electrons. The summed E-state index contributed by atoms with van der Waals surface area (Å²) >= 11 is 1.85. The van der Waals surface area contributed by atoms with Gasteiger partial charge in [0.15, 0.2) is 0 Å². The highest BCUT2D eigenvalue weighted by molar-refractivity contribution is 7.12. The lowest BCUT2D eigenvalue weighted by Crippen LogP contribution is -2.15. The third-order valence-corrected chi connectivity index (χ3v) is 4.15. The van der Waals surface area contributed by atoms with Crippen LogP contribution in [0.3, 0.4) is 0 Å². The lowest BCUT2D eigenvalue weighted by molar-refractivity contribution is 0.0820. The summed E-state index contributed by atoms with van der Waals surface area (Å²) in [5.74, 6) is 0.387. The second-order valence-corrected chi connectivity index (χ2v) is 5.43. The van der Waals surface area contributed by atoms with E-state index in [9.17, 15) is 5.11 Å². The van der Waals surface area contributed by atoms with Crippen LogP contribution in [0.2, 0.25) is 0 Å². The zero-order valence-corrected chi connectivity index (χ0v) is 11.0. The van der Waals surface area contributed by atoms with E-state index >= 15 is 0 Å². The fourth-order valence-corrected chi connectivity index (χ4v) is 3.19. The lowest BCUT2D eigenvalue weighted by atomic mass is 9.97. The third-order valence-electron chi connectivity index (χ3n) is 2.84. The quantitative estimate of drug-likeness (QED) is 0.772. The Balaban J connectivity index is 2.63. The molecular weight excluding hydrogens is 220 g/mol. The molecule has 1 heterocycles. The average Bonchev–Trinajstić information content (AvgIpc) is 2.74. The Kier molecular flexibility index (Phi) is 6.03. The van der Waals surface area contributed by atoms with Crippen LogP contribution in [0.5, 0.6) is 0 Å². The molecule has 0 aliphatic carbocycles. The highest BCUT2D eigenvalue weighted by Gasteiger charge is 2.16. The first-order chi connectivity index (χ1) is 7.71. The molecule has 16 heavy (non-hydrogen) atoms. The van der Waals surface area contributed by atoms with Gasteiger partial charge in [0.25, 0.3) is 0 Å². The van der Waals surface area contributed by atoms with Gasteiger partial charge in [-0.15, -0.1) is 11.3 Å². The van der Waals surface area contributed by atoms with Gasteiger partial charge in [-0.1, -0.05) is 20.3 Å². The van der Waals surface area contributed by atoms with Gasteiger partial charge in [-0.3, -0.25) is 0 Å². The molecule has 0 aromatic carbocycles. The van der Waals surface area contributed by atoms with E-state index in [1.165, 1.54) is 16.2 Å². The van der Waals surface area contributed by atoms with Crippen LogP contribution in [-0.2, 0) is 6.42 Å². The second kappa shape index (κ2) is 7.05. The molecule has 2 unspecified atom stereocenters. The standard InChI is InChI=1S/C13H22O2S/c1-3-5-12-6-7-13(16-12)10(4-2)8-11(15)9-14/h6-7,10-11,14-15H,3-5,8-9H2,1-2H3. The number of rotatable bonds is 7.